The lowest BCUT2D eigenvalue weighted by Gasteiger charge is -2.54. The number of carbonyl (C=O) groups excluding carboxylic acids is 1. The summed E-state index contributed by atoms with van der Waals surface area (Å²) in [7, 11) is 0. The van der Waals surface area contributed by atoms with Gasteiger partial charge in [0.05, 0.1) is 18.1 Å². The number of nitrogens with zero attached hydrogens (tertiary/aromatic N) is 2. The molecule has 3 heterocycles. The Kier molecular flexibility index (Phi) is 3.67. The van der Waals surface area contributed by atoms with Gasteiger partial charge in [-0.15, -0.1) is 6.58 Å². The topological polar surface area (TPSA) is 70.1 Å². The highest BCUT2D eigenvalue weighted by molar-refractivity contribution is 5.71. The molecule has 1 N–H and O–H groups in total. The Balaban J connectivity index is 2.18. The number of ether oxygens (including phenoxy) is 1. The van der Waals surface area contributed by atoms with Crippen LogP contribution in [0.3, 0.4) is 0 Å². The lowest BCUT2D eigenvalue weighted by atomic mass is 9.85. The third kappa shape index (κ3) is 2.59. The van der Waals surface area contributed by atoms with Crippen LogP contribution in [0.25, 0.3) is 0 Å². The predicted molar refractivity (Wildman–Crippen MR) is 73.6 cm³/mol. The Morgan fingerprint density at radius 2 is 2.00 bits per heavy atom. The Morgan fingerprint density at radius 3 is 2.50 bits per heavy atom. The first-order valence-corrected chi connectivity index (χ1v) is 6.88. The summed E-state index contributed by atoms with van der Waals surface area (Å²) >= 11 is 0. The molecule has 3 aliphatic heterocycles. The molecule has 3 aliphatic rings. The molecule has 0 aromatic carbocycles. The maximum absolute atomic E-state index is 12.2. The SMILES string of the molecule is C=CC1C2CCC(CN2C(=O)OC(C)(C)C)N1C(=O)O. The average molecular weight is 282 g/mol. The summed E-state index contributed by atoms with van der Waals surface area (Å²) in [6.45, 7) is 9.58. The van der Waals surface area contributed by atoms with E-state index < -0.39 is 11.7 Å². The monoisotopic (exact) mass is 282 g/mol. The van der Waals surface area contributed by atoms with Crippen LogP contribution in [0.2, 0.25) is 0 Å². The fraction of sp³-hybridized carbons (Fsp3) is 0.714. The molecule has 0 spiro atoms. The molecule has 112 valence electrons. The molecule has 0 radical (unpaired) electrons. The van der Waals surface area contributed by atoms with Crippen molar-refractivity contribution in [3.8, 4) is 0 Å². The van der Waals surface area contributed by atoms with Gasteiger partial charge in [-0.05, 0) is 33.6 Å². The number of hydrogen-bond donors (Lipinski definition) is 1. The summed E-state index contributed by atoms with van der Waals surface area (Å²) in [5.41, 5.74) is -0.552. The standard InChI is InChI=1S/C14H22N2O4/c1-5-10-11-7-6-9(16(10)12(17)18)8-15(11)13(19)20-14(2,3)4/h5,9-11H,1,6-8H2,2-4H3,(H,17,18). The van der Waals surface area contributed by atoms with Gasteiger partial charge >= 0.3 is 12.2 Å². The highest BCUT2D eigenvalue weighted by Crippen LogP contribution is 2.35. The van der Waals surface area contributed by atoms with Crippen molar-refractivity contribution in [1.82, 2.24) is 9.80 Å². The molecule has 2 bridgehead atoms. The van der Waals surface area contributed by atoms with Crippen LogP contribution in [0.4, 0.5) is 9.59 Å². The quantitative estimate of drug-likeness (QED) is 0.749. The molecule has 3 atom stereocenters. The molecule has 3 saturated heterocycles. The zero-order valence-electron chi connectivity index (χ0n) is 12.2. The molecule has 2 amide bonds. The fourth-order valence-electron chi connectivity index (χ4n) is 3.07. The average Bonchev–Trinajstić information content (AvgIpc) is 2.35. The second-order valence-corrected chi connectivity index (χ2v) is 6.35. The van der Waals surface area contributed by atoms with E-state index in [1.807, 2.05) is 20.8 Å². The van der Waals surface area contributed by atoms with Crippen LogP contribution in [-0.2, 0) is 4.74 Å². The molecule has 0 aromatic heterocycles. The predicted octanol–water partition coefficient (Wildman–Crippen LogP) is 2.30. The Bertz CT molecular complexity index is 429. The minimum Gasteiger partial charge on any atom is -0.465 e. The molecular formula is C14H22N2O4. The number of amides is 2. The van der Waals surface area contributed by atoms with E-state index in [4.69, 9.17) is 4.74 Å². The van der Waals surface area contributed by atoms with Crippen molar-refractivity contribution in [3.05, 3.63) is 12.7 Å². The van der Waals surface area contributed by atoms with Gasteiger partial charge in [-0.25, -0.2) is 9.59 Å². The first-order valence-electron chi connectivity index (χ1n) is 6.88. The highest BCUT2D eigenvalue weighted by Gasteiger charge is 2.49. The molecule has 20 heavy (non-hydrogen) atoms. The van der Waals surface area contributed by atoms with Crippen molar-refractivity contribution in [2.24, 2.45) is 0 Å². The zero-order valence-corrected chi connectivity index (χ0v) is 12.2. The number of hydrogen-bond acceptors (Lipinski definition) is 3. The van der Waals surface area contributed by atoms with Gasteiger partial charge in [-0.2, -0.15) is 0 Å². The second-order valence-electron chi connectivity index (χ2n) is 6.35. The van der Waals surface area contributed by atoms with Gasteiger partial charge in [0, 0.05) is 6.54 Å². The molecule has 3 fully saturated rings. The van der Waals surface area contributed by atoms with Gasteiger partial charge in [0.25, 0.3) is 0 Å². The van der Waals surface area contributed by atoms with Gasteiger partial charge < -0.3 is 14.7 Å². The number of rotatable bonds is 1. The van der Waals surface area contributed by atoms with Crippen LogP contribution in [0.15, 0.2) is 12.7 Å². The first-order chi connectivity index (χ1) is 9.24. The Hall–Kier alpha value is -1.72. The van der Waals surface area contributed by atoms with Crippen LogP contribution < -0.4 is 0 Å². The lowest BCUT2D eigenvalue weighted by molar-refractivity contribution is -0.0513. The van der Waals surface area contributed by atoms with Crippen molar-refractivity contribution in [2.75, 3.05) is 6.54 Å². The fourth-order valence-corrected chi connectivity index (χ4v) is 3.07. The van der Waals surface area contributed by atoms with Gasteiger partial charge in [-0.1, -0.05) is 6.08 Å². The second kappa shape index (κ2) is 5.00. The van der Waals surface area contributed by atoms with Crippen molar-refractivity contribution >= 4 is 12.2 Å². The van der Waals surface area contributed by atoms with Crippen molar-refractivity contribution in [1.29, 1.82) is 0 Å². The van der Waals surface area contributed by atoms with E-state index in [0.29, 0.717) is 6.54 Å². The molecule has 0 saturated carbocycles. The maximum atomic E-state index is 12.2. The number of piperazine rings is 1. The van der Waals surface area contributed by atoms with E-state index in [0.717, 1.165) is 12.8 Å². The van der Waals surface area contributed by atoms with Crippen LogP contribution >= 0.6 is 0 Å². The number of fused-ring (bicyclic) bond motifs is 3. The van der Waals surface area contributed by atoms with Crippen LogP contribution in [0.5, 0.6) is 0 Å². The minimum absolute atomic E-state index is 0.173. The van der Waals surface area contributed by atoms with Crippen LogP contribution in [0, 0.1) is 0 Å². The number of carboxylic acid groups (broad SMARTS) is 1. The van der Waals surface area contributed by atoms with Gasteiger partial charge in [0.1, 0.15) is 5.60 Å². The first kappa shape index (κ1) is 14.7. The Morgan fingerprint density at radius 1 is 1.35 bits per heavy atom. The minimum atomic E-state index is -0.951. The molecule has 6 nitrogen and oxygen atoms in total. The van der Waals surface area contributed by atoms with E-state index in [-0.39, 0.29) is 24.2 Å². The summed E-state index contributed by atoms with van der Waals surface area (Å²) in [6, 6.07) is -0.705. The molecule has 3 rings (SSSR count). The van der Waals surface area contributed by atoms with Crippen LogP contribution in [0.1, 0.15) is 33.6 Å². The summed E-state index contributed by atoms with van der Waals surface area (Å²) in [6.07, 6.45) is 1.85. The molecule has 0 aromatic rings. The summed E-state index contributed by atoms with van der Waals surface area (Å²) in [5.74, 6) is 0. The third-order valence-electron chi connectivity index (χ3n) is 3.80. The van der Waals surface area contributed by atoms with Crippen molar-refractivity contribution in [3.63, 3.8) is 0 Å². The molecule has 0 aliphatic carbocycles. The zero-order chi connectivity index (χ0) is 15.1. The van der Waals surface area contributed by atoms with Crippen LogP contribution in [-0.4, -0.2) is 57.4 Å². The van der Waals surface area contributed by atoms with E-state index >= 15 is 0 Å². The summed E-state index contributed by atoms with van der Waals surface area (Å²) < 4.78 is 5.41. The highest BCUT2D eigenvalue weighted by atomic mass is 16.6. The van der Waals surface area contributed by atoms with E-state index in [9.17, 15) is 14.7 Å². The van der Waals surface area contributed by atoms with E-state index in [2.05, 4.69) is 6.58 Å². The number of carbonyl (C=O) groups is 2. The normalized spacial score (nSPS) is 29.2. The molecular weight excluding hydrogens is 260 g/mol. The van der Waals surface area contributed by atoms with E-state index in [1.165, 1.54) is 4.90 Å². The third-order valence-corrected chi connectivity index (χ3v) is 3.80. The lowest BCUT2D eigenvalue weighted by Crippen LogP contribution is -2.69. The summed E-state index contributed by atoms with van der Waals surface area (Å²) in [4.78, 5) is 26.7. The molecule has 3 unspecified atom stereocenters. The largest absolute Gasteiger partial charge is 0.465 e. The van der Waals surface area contributed by atoms with Crippen molar-refractivity contribution in [2.45, 2.75) is 57.3 Å². The van der Waals surface area contributed by atoms with E-state index in [1.54, 1.807) is 11.0 Å². The summed E-state index contributed by atoms with van der Waals surface area (Å²) in [5, 5.41) is 9.32. The number of piperidine rings is 2. The smallest absolute Gasteiger partial charge is 0.410 e. The maximum Gasteiger partial charge on any atom is 0.410 e. The van der Waals surface area contributed by atoms with Gasteiger partial charge in [-0.3, -0.25) is 4.90 Å². The van der Waals surface area contributed by atoms with Gasteiger partial charge in [0.2, 0.25) is 0 Å². The van der Waals surface area contributed by atoms with Crippen molar-refractivity contribution < 1.29 is 19.4 Å². The molecule has 6 heteroatoms. The van der Waals surface area contributed by atoms with Gasteiger partial charge in [0.15, 0.2) is 0 Å². The Labute approximate surface area is 119 Å².